The zero-order valence-electron chi connectivity index (χ0n) is 8.78. The first-order valence-electron chi connectivity index (χ1n) is 4.83. The minimum Gasteiger partial charge on any atom is -0.456 e. The van der Waals surface area contributed by atoms with Crippen molar-refractivity contribution in [2.45, 2.75) is 12.1 Å². The molecule has 1 aromatic rings. The third-order valence-corrected chi connectivity index (χ3v) is 2.05. The monoisotopic (exact) mass is 248 g/mol. The average molecular weight is 248 g/mol. The van der Waals surface area contributed by atoms with Gasteiger partial charge >= 0.3 is 12.1 Å². The van der Waals surface area contributed by atoms with Gasteiger partial charge in [0.2, 0.25) is 0 Å². The van der Waals surface area contributed by atoms with Crippen molar-refractivity contribution < 1.29 is 27.8 Å². The van der Waals surface area contributed by atoms with Crippen LogP contribution in [0.25, 0.3) is 0 Å². The average Bonchev–Trinajstić information content (AvgIpc) is 2.28. The molecule has 0 aromatic heterocycles. The molecule has 3 nitrogen and oxygen atoms in total. The van der Waals surface area contributed by atoms with E-state index in [4.69, 9.17) is 5.11 Å². The molecule has 0 fully saturated rings. The summed E-state index contributed by atoms with van der Waals surface area (Å²) in [4.78, 5) is 11.3. The first-order valence-corrected chi connectivity index (χ1v) is 4.83. The molecular weight excluding hydrogens is 237 g/mol. The molecule has 1 rings (SSSR count). The Kier molecular flexibility index (Phi) is 4.51. The molecule has 1 atom stereocenters. The summed E-state index contributed by atoms with van der Waals surface area (Å²) in [5, 5.41) is 9.00. The van der Waals surface area contributed by atoms with E-state index in [0.717, 1.165) is 0 Å². The molecule has 0 spiro atoms. The lowest BCUT2D eigenvalue weighted by molar-refractivity contribution is -0.187. The normalized spacial score (nSPS) is 13.2. The van der Waals surface area contributed by atoms with Crippen molar-refractivity contribution in [1.82, 2.24) is 0 Å². The highest BCUT2D eigenvalue weighted by atomic mass is 19.4. The number of aliphatic hydroxyl groups is 1. The molecule has 94 valence electrons. The van der Waals surface area contributed by atoms with Gasteiger partial charge in [-0.1, -0.05) is 30.3 Å². The molecule has 1 N–H and O–H groups in total. The van der Waals surface area contributed by atoms with Crippen LogP contribution in [-0.2, 0) is 9.53 Å². The lowest BCUT2D eigenvalue weighted by Gasteiger charge is -2.14. The summed E-state index contributed by atoms with van der Waals surface area (Å²) >= 11 is 0. The highest BCUT2D eigenvalue weighted by Gasteiger charge is 2.31. The van der Waals surface area contributed by atoms with Gasteiger partial charge in [0.1, 0.15) is 5.92 Å². The number of alkyl halides is 3. The van der Waals surface area contributed by atoms with Gasteiger partial charge in [0.25, 0.3) is 0 Å². The molecule has 6 heteroatoms. The maximum Gasteiger partial charge on any atom is 0.422 e. The van der Waals surface area contributed by atoms with Crippen molar-refractivity contribution in [3.8, 4) is 0 Å². The lowest BCUT2D eigenvalue weighted by atomic mass is 10.0. The Balaban J connectivity index is 2.66. The third-order valence-electron chi connectivity index (χ3n) is 2.05. The van der Waals surface area contributed by atoms with Crippen LogP contribution in [0.5, 0.6) is 0 Å². The van der Waals surface area contributed by atoms with Gasteiger partial charge in [0, 0.05) is 0 Å². The molecule has 0 bridgehead atoms. The van der Waals surface area contributed by atoms with Crippen LogP contribution in [0, 0.1) is 0 Å². The molecule has 0 heterocycles. The smallest absolute Gasteiger partial charge is 0.422 e. The highest BCUT2D eigenvalue weighted by Crippen LogP contribution is 2.19. The van der Waals surface area contributed by atoms with Crippen LogP contribution < -0.4 is 0 Å². The Morgan fingerprint density at radius 3 is 2.35 bits per heavy atom. The first kappa shape index (κ1) is 13.5. The number of esters is 1. The fourth-order valence-electron chi connectivity index (χ4n) is 1.25. The Hall–Kier alpha value is -1.56. The number of hydrogen-bond acceptors (Lipinski definition) is 3. The summed E-state index contributed by atoms with van der Waals surface area (Å²) in [5.41, 5.74) is 0.419. The summed E-state index contributed by atoms with van der Waals surface area (Å²) in [6.07, 6.45) is -4.56. The summed E-state index contributed by atoms with van der Waals surface area (Å²) < 4.78 is 39.6. The topological polar surface area (TPSA) is 46.5 Å². The number of halogens is 3. The lowest BCUT2D eigenvalue weighted by Crippen LogP contribution is -2.25. The Bertz CT molecular complexity index is 362. The summed E-state index contributed by atoms with van der Waals surface area (Å²) in [6, 6.07) is 8.01. The van der Waals surface area contributed by atoms with E-state index < -0.39 is 31.3 Å². The second kappa shape index (κ2) is 5.67. The van der Waals surface area contributed by atoms with Crippen LogP contribution >= 0.6 is 0 Å². The minimum atomic E-state index is -4.56. The number of hydrogen-bond donors (Lipinski definition) is 1. The van der Waals surface area contributed by atoms with Gasteiger partial charge in [-0.05, 0) is 5.56 Å². The second-order valence-electron chi connectivity index (χ2n) is 3.37. The van der Waals surface area contributed by atoms with Crippen LogP contribution in [-0.4, -0.2) is 30.5 Å². The number of ether oxygens (including phenoxy) is 1. The van der Waals surface area contributed by atoms with Crippen LogP contribution in [0.1, 0.15) is 11.5 Å². The molecule has 0 aliphatic heterocycles. The SMILES string of the molecule is O=C(OCC(F)(F)F)[C@@H](CO)c1ccccc1. The third kappa shape index (κ3) is 4.44. The van der Waals surface area contributed by atoms with E-state index in [0.29, 0.717) is 5.56 Å². The predicted molar refractivity (Wildman–Crippen MR) is 53.3 cm³/mol. The molecule has 0 aliphatic carbocycles. The van der Waals surface area contributed by atoms with E-state index >= 15 is 0 Å². The number of carbonyl (C=O) groups is 1. The number of aliphatic hydroxyl groups excluding tert-OH is 1. The van der Waals surface area contributed by atoms with Gasteiger partial charge in [-0.25, -0.2) is 0 Å². The fourth-order valence-corrected chi connectivity index (χ4v) is 1.25. The van der Waals surface area contributed by atoms with E-state index in [1.165, 1.54) is 12.1 Å². The van der Waals surface area contributed by atoms with Crippen molar-refractivity contribution in [2.24, 2.45) is 0 Å². The molecule has 0 amide bonds. The van der Waals surface area contributed by atoms with Crippen LogP contribution in [0.2, 0.25) is 0 Å². The van der Waals surface area contributed by atoms with Crippen molar-refractivity contribution in [2.75, 3.05) is 13.2 Å². The molecule has 17 heavy (non-hydrogen) atoms. The van der Waals surface area contributed by atoms with Gasteiger partial charge in [0.15, 0.2) is 6.61 Å². The molecule has 0 saturated heterocycles. The van der Waals surface area contributed by atoms with Gasteiger partial charge < -0.3 is 9.84 Å². The maximum absolute atomic E-state index is 11.8. The predicted octanol–water partition coefficient (Wildman–Crippen LogP) is 1.87. The molecular formula is C11H11F3O3. The van der Waals surface area contributed by atoms with Crippen molar-refractivity contribution >= 4 is 5.97 Å². The summed E-state index contributed by atoms with van der Waals surface area (Å²) in [7, 11) is 0. The van der Waals surface area contributed by atoms with Crippen LogP contribution in [0.3, 0.4) is 0 Å². The number of rotatable bonds is 4. The zero-order chi connectivity index (χ0) is 12.9. The molecule has 1 aromatic carbocycles. The zero-order valence-corrected chi connectivity index (χ0v) is 8.78. The van der Waals surface area contributed by atoms with Gasteiger partial charge in [-0.2, -0.15) is 13.2 Å². The quantitative estimate of drug-likeness (QED) is 0.827. The van der Waals surface area contributed by atoms with Crippen molar-refractivity contribution in [3.63, 3.8) is 0 Å². The fraction of sp³-hybridized carbons (Fsp3) is 0.364. The first-order chi connectivity index (χ1) is 7.94. The molecule has 0 radical (unpaired) electrons. The van der Waals surface area contributed by atoms with Crippen LogP contribution in [0.15, 0.2) is 30.3 Å². The maximum atomic E-state index is 11.8. The second-order valence-corrected chi connectivity index (χ2v) is 3.37. The van der Waals surface area contributed by atoms with Crippen molar-refractivity contribution in [3.05, 3.63) is 35.9 Å². The Morgan fingerprint density at radius 2 is 1.88 bits per heavy atom. The Labute approximate surface area is 95.8 Å². The van der Waals surface area contributed by atoms with E-state index in [2.05, 4.69) is 4.74 Å². The number of benzene rings is 1. The van der Waals surface area contributed by atoms with E-state index in [9.17, 15) is 18.0 Å². The summed E-state index contributed by atoms with van der Waals surface area (Å²) in [6.45, 7) is -2.24. The van der Waals surface area contributed by atoms with Crippen LogP contribution in [0.4, 0.5) is 13.2 Å². The molecule has 0 unspecified atom stereocenters. The largest absolute Gasteiger partial charge is 0.456 e. The van der Waals surface area contributed by atoms with Crippen molar-refractivity contribution in [1.29, 1.82) is 0 Å². The molecule has 0 saturated carbocycles. The molecule has 0 aliphatic rings. The van der Waals surface area contributed by atoms with E-state index in [1.54, 1.807) is 18.2 Å². The van der Waals surface area contributed by atoms with Gasteiger partial charge in [-0.3, -0.25) is 4.79 Å². The number of carbonyl (C=O) groups excluding carboxylic acids is 1. The van der Waals surface area contributed by atoms with E-state index in [-0.39, 0.29) is 0 Å². The van der Waals surface area contributed by atoms with Gasteiger partial charge in [-0.15, -0.1) is 0 Å². The highest BCUT2D eigenvalue weighted by molar-refractivity contribution is 5.78. The van der Waals surface area contributed by atoms with Gasteiger partial charge in [0.05, 0.1) is 6.61 Å². The standard InChI is InChI=1S/C11H11F3O3/c12-11(13,14)7-17-10(16)9(6-15)8-4-2-1-3-5-8/h1-5,9,15H,6-7H2/t9-/m0/s1. The Morgan fingerprint density at radius 1 is 1.29 bits per heavy atom. The summed E-state index contributed by atoms with van der Waals surface area (Å²) in [5.74, 6) is -2.17. The van der Waals surface area contributed by atoms with E-state index in [1.807, 2.05) is 0 Å². The minimum absolute atomic E-state index is 0.419.